The summed E-state index contributed by atoms with van der Waals surface area (Å²) in [6.07, 6.45) is 1.70. The highest BCUT2D eigenvalue weighted by Gasteiger charge is 2.08. The van der Waals surface area contributed by atoms with Crippen LogP contribution in [0.3, 0.4) is 0 Å². The Bertz CT molecular complexity index is 713. The largest absolute Gasteiger partial charge is 0.383 e. The van der Waals surface area contributed by atoms with E-state index < -0.39 is 0 Å². The molecule has 0 spiro atoms. The van der Waals surface area contributed by atoms with Gasteiger partial charge in [-0.05, 0) is 30.3 Å². The van der Waals surface area contributed by atoms with Crippen LogP contribution < -0.4 is 5.73 Å². The third-order valence-electron chi connectivity index (χ3n) is 2.58. The van der Waals surface area contributed by atoms with E-state index in [1.165, 1.54) is 0 Å². The molecule has 0 aliphatic rings. The van der Waals surface area contributed by atoms with Crippen LogP contribution in [0.2, 0.25) is 5.02 Å². The molecule has 0 unspecified atom stereocenters. The molecule has 2 aromatic heterocycles. The van der Waals surface area contributed by atoms with Crippen LogP contribution in [0.5, 0.6) is 0 Å². The fourth-order valence-electron chi connectivity index (χ4n) is 1.73. The molecule has 0 radical (unpaired) electrons. The van der Waals surface area contributed by atoms with Crippen molar-refractivity contribution < 1.29 is 0 Å². The van der Waals surface area contributed by atoms with Crippen molar-refractivity contribution in [2.24, 2.45) is 0 Å². The molecule has 0 aliphatic carbocycles. The van der Waals surface area contributed by atoms with Crippen LogP contribution in [-0.4, -0.2) is 15.0 Å². The van der Waals surface area contributed by atoms with Crippen molar-refractivity contribution in [1.29, 1.82) is 0 Å². The van der Waals surface area contributed by atoms with Crippen LogP contribution in [-0.2, 0) is 0 Å². The number of anilines is 1. The van der Waals surface area contributed by atoms with Crippen LogP contribution >= 0.6 is 11.6 Å². The Morgan fingerprint density at radius 3 is 2.72 bits per heavy atom. The maximum atomic E-state index is 5.93. The normalized spacial score (nSPS) is 10.7. The summed E-state index contributed by atoms with van der Waals surface area (Å²) in [5.74, 6) is 0.922. The van der Waals surface area contributed by atoms with Crippen LogP contribution in [0.1, 0.15) is 0 Å². The molecule has 0 saturated heterocycles. The Morgan fingerprint density at radius 2 is 1.94 bits per heavy atom. The molecule has 0 saturated carbocycles. The number of aromatic nitrogens is 3. The van der Waals surface area contributed by atoms with Gasteiger partial charge in [-0.15, -0.1) is 0 Å². The third kappa shape index (κ3) is 1.87. The molecule has 4 nitrogen and oxygen atoms in total. The zero-order valence-corrected chi connectivity index (χ0v) is 10.1. The van der Waals surface area contributed by atoms with Crippen molar-refractivity contribution in [2.45, 2.75) is 0 Å². The van der Waals surface area contributed by atoms with Gasteiger partial charge in [-0.1, -0.05) is 17.7 Å². The highest BCUT2D eigenvalue weighted by molar-refractivity contribution is 6.31. The zero-order valence-electron chi connectivity index (χ0n) is 9.34. The Hall–Kier alpha value is -2.20. The van der Waals surface area contributed by atoms with Crippen molar-refractivity contribution in [3.05, 3.63) is 47.6 Å². The monoisotopic (exact) mass is 256 g/mol. The Kier molecular flexibility index (Phi) is 2.57. The number of nitrogens with two attached hydrogens (primary N) is 1. The molecule has 3 aromatic rings. The number of halogens is 1. The molecule has 0 atom stereocenters. The van der Waals surface area contributed by atoms with E-state index in [1.54, 1.807) is 18.3 Å². The third-order valence-corrected chi connectivity index (χ3v) is 2.82. The summed E-state index contributed by atoms with van der Waals surface area (Å²) in [5.41, 5.74) is 7.38. The lowest BCUT2D eigenvalue weighted by molar-refractivity contribution is 1.18. The summed E-state index contributed by atoms with van der Waals surface area (Å²) in [6, 6.07) is 10.9. The topological polar surface area (TPSA) is 64.7 Å². The summed E-state index contributed by atoms with van der Waals surface area (Å²) in [5, 5.41) is 1.37. The SMILES string of the molecule is Nc1nc(-c2ccccn2)nc2ccc(Cl)cc12. The van der Waals surface area contributed by atoms with Gasteiger partial charge in [0.15, 0.2) is 5.82 Å². The minimum Gasteiger partial charge on any atom is -0.383 e. The van der Waals surface area contributed by atoms with Gasteiger partial charge in [-0.3, -0.25) is 4.98 Å². The van der Waals surface area contributed by atoms with Gasteiger partial charge in [0.05, 0.1) is 5.52 Å². The number of pyridine rings is 1. The second kappa shape index (κ2) is 4.23. The molecule has 2 N–H and O–H groups in total. The molecule has 88 valence electrons. The lowest BCUT2D eigenvalue weighted by Gasteiger charge is -2.05. The smallest absolute Gasteiger partial charge is 0.180 e. The lowest BCUT2D eigenvalue weighted by atomic mass is 10.2. The summed E-state index contributed by atoms with van der Waals surface area (Å²) in [4.78, 5) is 12.9. The summed E-state index contributed by atoms with van der Waals surface area (Å²) >= 11 is 5.92. The lowest BCUT2D eigenvalue weighted by Crippen LogP contribution is -1.98. The highest BCUT2D eigenvalue weighted by Crippen LogP contribution is 2.24. The predicted molar refractivity (Wildman–Crippen MR) is 72.2 cm³/mol. The Morgan fingerprint density at radius 1 is 1.06 bits per heavy atom. The van der Waals surface area contributed by atoms with E-state index in [2.05, 4.69) is 15.0 Å². The van der Waals surface area contributed by atoms with Crippen molar-refractivity contribution in [3.63, 3.8) is 0 Å². The molecule has 0 fully saturated rings. The fraction of sp³-hybridized carbons (Fsp3) is 0. The van der Waals surface area contributed by atoms with E-state index in [9.17, 15) is 0 Å². The zero-order chi connectivity index (χ0) is 12.5. The minimum atomic E-state index is 0.406. The molecule has 18 heavy (non-hydrogen) atoms. The Labute approximate surface area is 108 Å². The maximum absolute atomic E-state index is 5.93. The average molecular weight is 257 g/mol. The maximum Gasteiger partial charge on any atom is 0.180 e. The van der Waals surface area contributed by atoms with Gasteiger partial charge in [-0.2, -0.15) is 0 Å². The minimum absolute atomic E-state index is 0.406. The molecule has 1 aromatic carbocycles. The molecule has 0 bridgehead atoms. The van der Waals surface area contributed by atoms with E-state index >= 15 is 0 Å². The van der Waals surface area contributed by atoms with E-state index in [4.69, 9.17) is 17.3 Å². The average Bonchev–Trinajstić information content (AvgIpc) is 2.40. The van der Waals surface area contributed by atoms with Crippen molar-refractivity contribution in [2.75, 3.05) is 5.73 Å². The van der Waals surface area contributed by atoms with Gasteiger partial charge >= 0.3 is 0 Å². The van der Waals surface area contributed by atoms with Crippen LogP contribution in [0.4, 0.5) is 5.82 Å². The standard InChI is InChI=1S/C13H9ClN4/c14-8-4-5-10-9(7-8)12(15)18-13(17-10)11-3-1-2-6-16-11/h1-7H,(H2,15,17,18). The van der Waals surface area contributed by atoms with Crippen LogP contribution in [0.15, 0.2) is 42.6 Å². The summed E-state index contributed by atoms with van der Waals surface area (Å²) < 4.78 is 0. The predicted octanol–water partition coefficient (Wildman–Crippen LogP) is 2.93. The first kappa shape index (κ1) is 10.9. The number of fused-ring (bicyclic) bond motifs is 1. The van der Waals surface area contributed by atoms with Crippen molar-refractivity contribution >= 4 is 28.3 Å². The molecular weight excluding hydrogens is 248 g/mol. The quantitative estimate of drug-likeness (QED) is 0.727. The van der Waals surface area contributed by atoms with Gasteiger partial charge in [0.2, 0.25) is 0 Å². The summed E-state index contributed by atoms with van der Waals surface area (Å²) in [7, 11) is 0. The summed E-state index contributed by atoms with van der Waals surface area (Å²) in [6.45, 7) is 0. The number of hydrogen-bond donors (Lipinski definition) is 1. The van der Waals surface area contributed by atoms with Gasteiger partial charge in [0.25, 0.3) is 0 Å². The first-order valence-corrected chi connectivity index (χ1v) is 5.76. The van der Waals surface area contributed by atoms with Crippen LogP contribution in [0, 0.1) is 0 Å². The number of nitrogens with zero attached hydrogens (tertiary/aromatic N) is 3. The number of rotatable bonds is 1. The highest BCUT2D eigenvalue weighted by atomic mass is 35.5. The molecule has 5 heteroatoms. The van der Waals surface area contributed by atoms with Gasteiger partial charge in [-0.25, -0.2) is 9.97 Å². The Balaban J connectivity index is 2.25. The molecule has 0 amide bonds. The molecule has 3 rings (SSSR count). The fourth-order valence-corrected chi connectivity index (χ4v) is 1.91. The van der Waals surface area contributed by atoms with Gasteiger partial charge < -0.3 is 5.73 Å². The second-order valence-electron chi connectivity index (χ2n) is 3.81. The van der Waals surface area contributed by atoms with Crippen LogP contribution in [0.25, 0.3) is 22.4 Å². The van der Waals surface area contributed by atoms with Gasteiger partial charge in [0.1, 0.15) is 11.5 Å². The number of hydrogen-bond acceptors (Lipinski definition) is 4. The first-order chi connectivity index (χ1) is 8.74. The molecule has 2 heterocycles. The second-order valence-corrected chi connectivity index (χ2v) is 4.25. The van der Waals surface area contributed by atoms with E-state index in [0.717, 1.165) is 10.9 Å². The number of nitrogen functional groups attached to an aromatic ring is 1. The van der Waals surface area contributed by atoms with Crippen molar-refractivity contribution in [1.82, 2.24) is 15.0 Å². The molecular formula is C13H9ClN4. The van der Waals surface area contributed by atoms with E-state index in [-0.39, 0.29) is 0 Å². The van der Waals surface area contributed by atoms with E-state index in [1.807, 2.05) is 24.3 Å². The van der Waals surface area contributed by atoms with E-state index in [0.29, 0.717) is 22.4 Å². The van der Waals surface area contributed by atoms with Crippen molar-refractivity contribution in [3.8, 4) is 11.5 Å². The molecule has 0 aliphatic heterocycles. The number of benzene rings is 1. The first-order valence-electron chi connectivity index (χ1n) is 5.38. The van der Waals surface area contributed by atoms with Gasteiger partial charge in [0, 0.05) is 16.6 Å².